The van der Waals surface area contributed by atoms with Gasteiger partial charge in [0.2, 0.25) is 5.89 Å². The minimum Gasteiger partial charge on any atom is -0.340 e. The number of carbonyl (C=O) groups excluding carboxylic acids is 1. The molecule has 8 heteroatoms. The summed E-state index contributed by atoms with van der Waals surface area (Å²) in [5.41, 5.74) is 0.473. The Morgan fingerprint density at radius 2 is 2.36 bits per heavy atom. The van der Waals surface area contributed by atoms with Gasteiger partial charge in [0.1, 0.15) is 10.9 Å². The number of aromatic nitrogens is 2. The van der Waals surface area contributed by atoms with E-state index in [-0.39, 0.29) is 5.91 Å². The van der Waals surface area contributed by atoms with Crippen LogP contribution in [0.25, 0.3) is 0 Å². The average Bonchev–Trinajstić information content (AvgIpc) is 3.16. The molecule has 1 saturated heterocycles. The first-order valence-electron chi connectivity index (χ1n) is 8.34. The molecule has 1 fully saturated rings. The molecule has 1 aliphatic heterocycles. The standard InChI is InChI=1S/C17H21N5O2S/c1-12-19-15(20-24-12)11-21(2)14-4-3-7-22(8-5-14)17(23)16-13(10-18)6-9-25-16/h6,9,14H,3-5,7-8,11H2,1-2H3/t14-/m1/s1. The fraction of sp³-hybridized carbons (Fsp3) is 0.529. The molecule has 0 unspecified atom stereocenters. The second-order valence-corrected chi connectivity index (χ2v) is 7.21. The second kappa shape index (κ2) is 7.76. The summed E-state index contributed by atoms with van der Waals surface area (Å²) in [6.07, 6.45) is 2.86. The molecule has 0 radical (unpaired) electrons. The van der Waals surface area contributed by atoms with Crippen LogP contribution in [0, 0.1) is 18.3 Å². The van der Waals surface area contributed by atoms with Gasteiger partial charge in [-0.25, -0.2) is 0 Å². The number of likely N-dealkylation sites (tertiary alicyclic amines) is 1. The summed E-state index contributed by atoms with van der Waals surface area (Å²) in [6.45, 7) is 3.85. The number of carbonyl (C=O) groups is 1. The van der Waals surface area contributed by atoms with Crippen molar-refractivity contribution >= 4 is 17.2 Å². The molecule has 0 bridgehead atoms. The third-order valence-electron chi connectivity index (χ3n) is 4.55. The summed E-state index contributed by atoms with van der Waals surface area (Å²) >= 11 is 1.34. The van der Waals surface area contributed by atoms with Crippen molar-refractivity contribution in [2.45, 2.75) is 38.8 Å². The van der Waals surface area contributed by atoms with Gasteiger partial charge in [-0.2, -0.15) is 10.2 Å². The molecule has 0 aliphatic carbocycles. The smallest absolute Gasteiger partial charge is 0.265 e. The van der Waals surface area contributed by atoms with Gasteiger partial charge in [0, 0.05) is 26.1 Å². The lowest BCUT2D eigenvalue weighted by atomic mass is 10.1. The number of nitriles is 1. The van der Waals surface area contributed by atoms with E-state index in [9.17, 15) is 4.79 Å². The minimum atomic E-state index is -0.0244. The van der Waals surface area contributed by atoms with Crippen molar-refractivity contribution in [1.29, 1.82) is 5.26 Å². The molecule has 3 rings (SSSR count). The molecule has 2 aromatic heterocycles. The number of nitrogens with zero attached hydrogens (tertiary/aromatic N) is 5. The van der Waals surface area contributed by atoms with E-state index < -0.39 is 0 Å². The maximum Gasteiger partial charge on any atom is 0.265 e. The minimum absolute atomic E-state index is 0.0244. The van der Waals surface area contributed by atoms with Crippen molar-refractivity contribution in [3.05, 3.63) is 33.6 Å². The van der Waals surface area contributed by atoms with Gasteiger partial charge in [-0.05, 0) is 37.8 Å². The quantitative estimate of drug-likeness (QED) is 0.833. The fourth-order valence-corrected chi connectivity index (χ4v) is 4.00. The van der Waals surface area contributed by atoms with Gasteiger partial charge in [-0.3, -0.25) is 9.69 Å². The zero-order valence-electron chi connectivity index (χ0n) is 14.4. The van der Waals surface area contributed by atoms with Crippen LogP contribution in [0.15, 0.2) is 16.0 Å². The van der Waals surface area contributed by atoms with Gasteiger partial charge in [0.15, 0.2) is 5.82 Å². The molecule has 0 aromatic carbocycles. The summed E-state index contributed by atoms with van der Waals surface area (Å²) in [5, 5.41) is 14.9. The Labute approximate surface area is 150 Å². The lowest BCUT2D eigenvalue weighted by Gasteiger charge is -2.26. The van der Waals surface area contributed by atoms with E-state index in [0.29, 0.717) is 41.3 Å². The first-order chi connectivity index (χ1) is 12.1. The van der Waals surface area contributed by atoms with E-state index in [0.717, 1.165) is 25.8 Å². The predicted octanol–water partition coefficient (Wildman–Crippen LogP) is 2.44. The van der Waals surface area contributed by atoms with Crippen LogP contribution in [0.3, 0.4) is 0 Å². The van der Waals surface area contributed by atoms with E-state index in [4.69, 9.17) is 9.78 Å². The molecule has 1 aliphatic rings. The molecule has 132 valence electrons. The fourth-order valence-electron chi connectivity index (χ4n) is 3.19. The third-order valence-corrected chi connectivity index (χ3v) is 5.45. The monoisotopic (exact) mass is 359 g/mol. The molecule has 2 aromatic rings. The summed E-state index contributed by atoms with van der Waals surface area (Å²) in [6, 6.07) is 4.18. The number of thiophene rings is 1. The molecule has 0 N–H and O–H groups in total. The molecule has 7 nitrogen and oxygen atoms in total. The van der Waals surface area contributed by atoms with Crippen LogP contribution >= 0.6 is 11.3 Å². The molecule has 25 heavy (non-hydrogen) atoms. The van der Waals surface area contributed by atoms with Gasteiger partial charge < -0.3 is 9.42 Å². The number of rotatable bonds is 4. The van der Waals surface area contributed by atoms with E-state index in [1.54, 1.807) is 18.4 Å². The number of hydrogen-bond acceptors (Lipinski definition) is 7. The number of amides is 1. The van der Waals surface area contributed by atoms with Crippen molar-refractivity contribution < 1.29 is 9.32 Å². The van der Waals surface area contributed by atoms with Gasteiger partial charge in [-0.1, -0.05) is 5.16 Å². The zero-order valence-corrected chi connectivity index (χ0v) is 15.3. The Morgan fingerprint density at radius 1 is 1.52 bits per heavy atom. The van der Waals surface area contributed by atoms with Crippen LogP contribution in [0.5, 0.6) is 0 Å². The first kappa shape index (κ1) is 17.6. The second-order valence-electron chi connectivity index (χ2n) is 6.30. The number of aryl methyl sites for hydroxylation is 1. The van der Waals surface area contributed by atoms with E-state index >= 15 is 0 Å². The van der Waals surface area contributed by atoms with Gasteiger partial charge in [0.05, 0.1) is 12.1 Å². The highest BCUT2D eigenvalue weighted by Gasteiger charge is 2.26. The Hall–Kier alpha value is -2.24. The Bertz CT molecular complexity index is 778. The summed E-state index contributed by atoms with van der Waals surface area (Å²) in [4.78, 5) is 21.6. The molecule has 1 amide bonds. The van der Waals surface area contributed by atoms with Crippen molar-refractivity contribution in [3.63, 3.8) is 0 Å². The summed E-state index contributed by atoms with van der Waals surface area (Å²) in [5.74, 6) is 1.24. The number of hydrogen-bond donors (Lipinski definition) is 0. The predicted molar refractivity (Wildman–Crippen MR) is 93.1 cm³/mol. The van der Waals surface area contributed by atoms with Crippen molar-refractivity contribution in [3.8, 4) is 6.07 Å². The molecular weight excluding hydrogens is 338 g/mol. The lowest BCUT2D eigenvalue weighted by Crippen LogP contribution is -2.35. The van der Waals surface area contributed by atoms with E-state index in [1.807, 2.05) is 4.90 Å². The third kappa shape index (κ3) is 4.06. The Kier molecular flexibility index (Phi) is 5.46. The van der Waals surface area contributed by atoms with Crippen LogP contribution < -0.4 is 0 Å². The van der Waals surface area contributed by atoms with Gasteiger partial charge in [0.25, 0.3) is 5.91 Å². The van der Waals surface area contributed by atoms with Gasteiger partial charge >= 0.3 is 0 Å². The molecule has 3 heterocycles. The van der Waals surface area contributed by atoms with E-state index in [2.05, 4.69) is 28.2 Å². The summed E-state index contributed by atoms with van der Waals surface area (Å²) in [7, 11) is 2.06. The summed E-state index contributed by atoms with van der Waals surface area (Å²) < 4.78 is 5.02. The zero-order chi connectivity index (χ0) is 17.8. The maximum atomic E-state index is 12.7. The Balaban J connectivity index is 1.60. The highest BCUT2D eigenvalue weighted by atomic mass is 32.1. The van der Waals surface area contributed by atoms with Crippen molar-refractivity contribution in [2.75, 3.05) is 20.1 Å². The largest absolute Gasteiger partial charge is 0.340 e. The van der Waals surface area contributed by atoms with Crippen LogP contribution in [0.1, 0.15) is 46.2 Å². The molecule has 0 saturated carbocycles. The van der Waals surface area contributed by atoms with Crippen LogP contribution in [0.2, 0.25) is 0 Å². The van der Waals surface area contributed by atoms with Gasteiger partial charge in [-0.15, -0.1) is 11.3 Å². The maximum absolute atomic E-state index is 12.7. The van der Waals surface area contributed by atoms with Crippen LogP contribution in [0.4, 0.5) is 0 Å². The normalized spacial score (nSPS) is 18.2. The molecule has 1 atom stereocenters. The van der Waals surface area contributed by atoms with Crippen molar-refractivity contribution in [1.82, 2.24) is 19.9 Å². The van der Waals surface area contributed by atoms with Crippen molar-refractivity contribution in [2.24, 2.45) is 0 Å². The van der Waals surface area contributed by atoms with E-state index in [1.165, 1.54) is 11.3 Å². The lowest BCUT2D eigenvalue weighted by molar-refractivity contribution is 0.0762. The average molecular weight is 359 g/mol. The topological polar surface area (TPSA) is 86.3 Å². The first-order valence-corrected chi connectivity index (χ1v) is 9.22. The Morgan fingerprint density at radius 3 is 3.08 bits per heavy atom. The molecule has 0 spiro atoms. The molecular formula is C17H21N5O2S. The highest BCUT2D eigenvalue weighted by molar-refractivity contribution is 7.12. The van der Waals surface area contributed by atoms with Crippen LogP contribution in [-0.2, 0) is 6.54 Å². The van der Waals surface area contributed by atoms with Crippen LogP contribution in [-0.4, -0.2) is 52.0 Å². The SMILES string of the molecule is Cc1nc(CN(C)[C@@H]2CCCN(C(=O)c3sccc3C#N)CC2)no1. The highest BCUT2D eigenvalue weighted by Crippen LogP contribution is 2.22.